The molecule has 0 aromatic carbocycles. The number of nitrogens with one attached hydrogen (secondary N) is 2. The van der Waals surface area contributed by atoms with Gasteiger partial charge in [-0.25, -0.2) is 9.78 Å². The van der Waals surface area contributed by atoms with Gasteiger partial charge in [-0.3, -0.25) is 20.1 Å². The Morgan fingerprint density at radius 1 is 1.10 bits per heavy atom. The highest BCUT2D eigenvalue weighted by molar-refractivity contribution is 7.10. The number of carbonyl (C=O) groups excluding carboxylic acids is 2. The quantitative estimate of drug-likeness (QED) is 0.677. The number of aromatic nitrogens is 5. The summed E-state index contributed by atoms with van der Waals surface area (Å²) in [7, 11) is 0. The first-order valence-electron chi connectivity index (χ1n) is 9.09. The Labute approximate surface area is 170 Å². The molecule has 4 heterocycles. The van der Waals surface area contributed by atoms with Crippen LogP contribution < -0.4 is 10.6 Å². The number of anilines is 2. The van der Waals surface area contributed by atoms with Gasteiger partial charge in [0.05, 0.1) is 12.2 Å². The SMILES string of the molecule is O=C(Nc1cnccn1)c1nnsc1NC(=O)N1CCCCC1c1cccnc1. The van der Waals surface area contributed by atoms with E-state index in [0.29, 0.717) is 6.54 Å². The molecule has 3 aromatic heterocycles. The lowest BCUT2D eigenvalue weighted by Crippen LogP contribution is -2.41. The molecule has 1 aliphatic heterocycles. The van der Waals surface area contributed by atoms with Gasteiger partial charge in [-0.2, -0.15) is 0 Å². The van der Waals surface area contributed by atoms with Crippen LogP contribution in [0.25, 0.3) is 0 Å². The monoisotopic (exact) mass is 410 g/mol. The fourth-order valence-corrected chi connectivity index (χ4v) is 3.78. The van der Waals surface area contributed by atoms with Crippen LogP contribution in [0.1, 0.15) is 41.4 Å². The second kappa shape index (κ2) is 8.69. The Morgan fingerprint density at radius 2 is 2.00 bits per heavy atom. The molecule has 0 radical (unpaired) electrons. The number of rotatable bonds is 4. The van der Waals surface area contributed by atoms with E-state index in [1.54, 1.807) is 17.3 Å². The number of urea groups is 1. The standard InChI is InChI=1S/C18H18N8O2S/c27-16(22-14-11-20-7-8-21-14)15-17(29-25-24-15)23-18(28)26-9-2-1-5-13(26)12-4-3-6-19-10-12/h3-4,6-8,10-11,13H,1-2,5,9H2,(H,23,28)(H,21,22,27). The maximum Gasteiger partial charge on any atom is 0.323 e. The van der Waals surface area contributed by atoms with Crippen LogP contribution in [0.4, 0.5) is 15.6 Å². The molecule has 3 amide bonds. The van der Waals surface area contributed by atoms with Crippen molar-refractivity contribution in [1.82, 2.24) is 29.4 Å². The molecule has 10 nitrogen and oxygen atoms in total. The van der Waals surface area contributed by atoms with Crippen molar-refractivity contribution in [3.05, 3.63) is 54.4 Å². The first-order chi connectivity index (χ1) is 14.2. The minimum absolute atomic E-state index is 0.0314. The summed E-state index contributed by atoms with van der Waals surface area (Å²) in [5.41, 5.74) is 1.02. The summed E-state index contributed by atoms with van der Waals surface area (Å²) in [6, 6.07) is 3.48. The van der Waals surface area contributed by atoms with Crippen LogP contribution >= 0.6 is 11.5 Å². The molecule has 0 bridgehead atoms. The van der Waals surface area contributed by atoms with Gasteiger partial charge in [0, 0.05) is 42.9 Å². The van der Waals surface area contributed by atoms with Crippen molar-refractivity contribution >= 4 is 34.3 Å². The van der Waals surface area contributed by atoms with Crippen LogP contribution in [0.2, 0.25) is 0 Å². The van der Waals surface area contributed by atoms with Crippen LogP contribution in [-0.2, 0) is 0 Å². The van der Waals surface area contributed by atoms with Gasteiger partial charge in [-0.15, -0.1) is 5.10 Å². The zero-order chi connectivity index (χ0) is 20.1. The molecule has 1 fully saturated rings. The van der Waals surface area contributed by atoms with E-state index in [1.807, 2.05) is 12.1 Å². The van der Waals surface area contributed by atoms with E-state index in [9.17, 15) is 9.59 Å². The second-order valence-electron chi connectivity index (χ2n) is 6.42. The molecule has 29 heavy (non-hydrogen) atoms. The Morgan fingerprint density at radius 3 is 2.79 bits per heavy atom. The predicted octanol–water partition coefficient (Wildman–Crippen LogP) is 2.73. The molecular weight excluding hydrogens is 392 g/mol. The van der Waals surface area contributed by atoms with Crippen molar-refractivity contribution in [2.75, 3.05) is 17.2 Å². The first kappa shape index (κ1) is 18.9. The minimum Gasteiger partial charge on any atom is -0.317 e. The summed E-state index contributed by atoms with van der Waals surface area (Å²) < 4.78 is 3.81. The normalized spacial score (nSPS) is 16.3. The van der Waals surface area contributed by atoms with Gasteiger partial charge in [-0.05, 0) is 30.9 Å². The Hall–Kier alpha value is -3.47. The number of hydrogen-bond donors (Lipinski definition) is 2. The maximum absolute atomic E-state index is 13.0. The van der Waals surface area contributed by atoms with Gasteiger partial charge in [0.1, 0.15) is 0 Å². The van der Waals surface area contributed by atoms with Crippen molar-refractivity contribution in [3.8, 4) is 0 Å². The molecule has 4 rings (SSSR count). The molecule has 1 unspecified atom stereocenters. The summed E-state index contributed by atoms with van der Waals surface area (Å²) in [5.74, 6) is -0.229. The average molecular weight is 410 g/mol. The van der Waals surface area contributed by atoms with E-state index in [2.05, 4.69) is 35.2 Å². The zero-order valence-electron chi connectivity index (χ0n) is 15.4. The van der Waals surface area contributed by atoms with Crippen LogP contribution in [0.5, 0.6) is 0 Å². The number of piperidine rings is 1. The van der Waals surface area contributed by atoms with E-state index in [-0.39, 0.29) is 28.6 Å². The predicted molar refractivity (Wildman–Crippen MR) is 106 cm³/mol. The second-order valence-corrected chi connectivity index (χ2v) is 7.17. The van der Waals surface area contributed by atoms with Gasteiger partial charge in [0.25, 0.3) is 5.91 Å². The van der Waals surface area contributed by atoms with E-state index < -0.39 is 5.91 Å². The van der Waals surface area contributed by atoms with Crippen molar-refractivity contribution in [2.45, 2.75) is 25.3 Å². The maximum atomic E-state index is 13.0. The van der Waals surface area contributed by atoms with Crippen LogP contribution in [0.3, 0.4) is 0 Å². The number of hydrogen-bond acceptors (Lipinski definition) is 8. The molecule has 1 aliphatic rings. The molecule has 3 aromatic rings. The third-order valence-electron chi connectivity index (χ3n) is 4.56. The van der Waals surface area contributed by atoms with E-state index in [0.717, 1.165) is 36.4 Å². The lowest BCUT2D eigenvalue weighted by Gasteiger charge is -2.35. The third kappa shape index (κ3) is 4.35. The molecule has 0 saturated carbocycles. The van der Waals surface area contributed by atoms with Crippen molar-refractivity contribution in [3.63, 3.8) is 0 Å². The number of pyridine rings is 1. The fourth-order valence-electron chi connectivity index (χ4n) is 3.22. The zero-order valence-corrected chi connectivity index (χ0v) is 16.2. The lowest BCUT2D eigenvalue weighted by molar-refractivity contribution is 0.102. The molecule has 1 saturated heterocycles. The van der Waals surface area contributed by atoms with Crippen molar-refractivity contribution < 1.29 is 9.59 Å². The summed E-state index contributed by atoms with van der Waals surface area (Å²) in [6.07, 6.45) is 10.7. The Kier molecular flexibility index (Phi) is 5.66. The van der Waals surface area contributed by atoms with E-state index >= 15 is 0 Å². The molecule has 2 N–H and O–H groups in total. The minimum atomic E-state index is -0.517. The van der Waals surface area contributed by atoms with Gasteiger partial charge >= 0.3 is 6.03 Å². The molecular formula is C18H18N8O2S. The number of carbonyl (C=O) groups is 2. The van der Waals surface area contributed by atoms with E-state index in [1.165, 1.54) is 18.6 Å². The topological polar surface area (TPSA) is 126 Å². The summed E-state index contributed by atoms with van der Waals surface area (Å²) >= 11 is 0.949. The van der Waals surface area contributed by atoms with Gasteiger partial charge in [0.2, 0.25) is 0 Å². The Bertz CT molecular complexity index is 982. The fraction of sp³-hybridized carbons (Fsp3) is 0.278. The van der Waals surface area contributed by atoms with Gasteiger partial charge in [-0.1, -0.05) is 10.6 Å². The van der Waals surface area contributed by atoms with Crippen molar-refractivity contribution in [1.29, 1.82) is 0 Å². The highest BCUT2D eigenvalue weighted by Gasteiger charge is 2.29. The Balaban J connectivity index is 1.48. The van der Waals surface area contributed by atoms with Gasteiger partial charge < -0.3 is 10.2 Å². The molecule has 1 atom stereocenters. The average Bonchev–Trinajstić information content (AvgIpc) is 3.23. The van der Waals surface area contributed by atoms with E-state index in [4.69, 9.17) is 0 Å². The third-order valence-corrected chi connectivity index (χ3v) is 5.20. The summed E-state index contributed by atoms with van der Waals surface area (Å²) in [4.78, 5) is 39.3. The highest BCUT2D eigenvalue weighted by atomic mass is 32.1. The largest absolute Gasteiger partial charge is 0.323 e. The number of likely N-dealkylation sites (tertiary alicyclic amines) is 1. The molecule has 0 spiro atoms. The molecule has 148 valence electrons. The van der Waals surface area contributed by atoms with Crippen LogP contribution in [0.15, 0.2) is 43.1 Å². The lowest BCUT2D eigenvalue weighted by atomic mass is 9.97. The number of amides is 3. The smallest absolute Gasteiger partial charge is 0.317 e. The van der Waals surface area contributed by atoms with Crippen LogP contribution in [0, 0.1) is 0 Å². The first-order valence-corrected chi connectivity index (χ1v) is 9.87. The van der Waals surface area contributed by atoms with Gasteiger partial charge in [0.15, 0.2) is 16.5 Å². The van der Waals surface area contributed by atoms with Crippen LogP contribution in [-0.4, -0.2) is 47.9 Å². The molecule has 11 heteroatoms. The summed E-state index contributed by atoms with van der Waals surface area (Å²) in [5, 5.41) is 9.52. The summed E-state index contributed by atoms with van der Waals surface area (Å²) in [6.45, 7) is 0.624. The van der Waals surface area contributed by atoms with Crippen molar-refractivity contribution in [2.24, 2.45) is 0 Å². The highest BCUT2D eigenvalue weighted by Crippen LogP contribution is 2.31. The number of nitrogens with zero attached hydrogens (tertiary/aromatic N) is 6. The molecule has 0 aliphatic carbocycles.